The summed E-state index contributed by atoms with van der Waals surface area (Å²) in [7, 11) is 3.13. The third kappa shape index (κ3) is 5.38. The van der Waals surface area contributed by atoms with Crippen molar-refractivity contribution in [1.29, 1.82) is 0 Å². The van der Waals surface area contributed by atoms with Crippen LogP contribution in [-0.4, -0.2) is 52.8 Å². The van der Waals surface area contributed by atoms with Gasteiger partial charge in [0, 0.05) is 11.1 Å². The Morgan fingerprint density at radius 1 is 0.931 bits per heavy atom. The van der Waals surface area contributed by atoms with Gasteiger partial charge in [0.05, 0.1) is 27.2 Å². The minimum atomic E-state index is -0.518. The summed E-state index contributed by atoms with van der Waals surface area (Å²) in [6.07, 6.45) is 0.0221. The second-order valence-corrected chi connectivity index (χ2v) is 6.00. The summed E-state index contributed by atoms with van der Waals surface area (Å²) in [5, 5.41) is 12.1. The molecule has 0 radical (unpaired) electrons. The summed E-state index contributed by atoms with van der Waals surface area (Å²) in [5.41, 5.74) is 1.23. The normalized spacial score (nSPS) is 10.4. The number of rotatable bonds is 9. The molecule has 0 unspecified atom stereocenters. The number of Topliss-reactive ketones (excluding diaryl/α,β-unsaturated/α-hetero) is 1. The molecular formula is C20H20N4O5. The number of methoxy groups -OCH3 is 2. The largest absolute Gasteiger partial charge is 0.497 e. The number of carbonyl (C=O) groups is 2. The molecule has 0 atom stereocenters. The number of hydrogen-bond acceptors (Lipinski definition) is 8. The summed E-state index contributed by atoms with van der Waals surface area (Å²) in [6, 6.07) is 13.8. The lowest BCUT2D eigenvalue weighted by Crippen LogP contribution is -2.16. The first-order valence-corrected chi connectivity index (χ1v) is 8.84. The zero-order valence-electron chi connectivity index (χ0n) is 16.1. The maximum atomic E-state index is 12.1. The number of aromatic nitrogens is 4. The van der Waals surface area contributed by atoms with Crippen LogP contribution < -0.4 is 9.47 Å². The van der Waals surface area contributed by atoms with Crippen molar-refractivity contribution >= 4 is 11.8 Å². The van der Waals surface area contributed by atoms with Crippen molar-refractivity contribution in [2.75, 3.05) is 20.8 Å². The maximum Gasteiger partial charge on any atom is 0.308 e. The Balaban J connectivity index is 1.46. The maximum absolute atomic E-state index is 12.1. The molecule has 0 amide bonds. The number of ether oxygens (including phenoxy) is 3. The molecule has 0 saturated heterocycles. The molecule has 0 N–H and O–H groups in total. The fraction of sp³-hybridized carbons (Fsp3) is 0.250. The van der Waals surface area contributed by atoms with Crippen LogP contribution in [0.4, 0.5) is 0 Å². The monoisotopic (exact) mass is 396 g/mol. The SMILES string of the molecule is COc1ccc(C(=O)COC(=O)CCn2nnc(-c3ccc(OC)cc3)n2)cc1. The van der Waals surface area contributed by atoms with Gasteiger partial charge in [0.25, 0.3) is 0 Å². The number of tetrazole rings is 1. The Bertz CT molecular complexity index is 967. The van der Waals surface area contributed by atoms with Crippen molar-refractivity contribution in [3.05, 3.63) is 54.1 Å². The second-order valence-electron chi connectivity index (χ2n) is 6.00. The number of carbonyl (C=O) groups excluding carboxylic acids is 2. The lowest BCUT2D eigenvalue weighted by molar-refractivity contribution is -0.142. The van der Waals surface area contributed by atoms with Gasteiger partial charge in [-0.05, 0) is 53.7 Å². The fourth-order valence-corrected chi connectivity index (χ4v) is 2.46. The molecule has 0 aliphatic carbocycles. The molecule has 0 aliphatic rings. The van der Waals surface area contributed by atoms with E-state index in [4.69, 9.17) is 14.2 Å². The van der Waals surface area contributed by atoms with Gasteiger partial charge < -0.3 is 14.2 Å². The Morgan fingerprint density at radius 2 is 1.55 bits per heavy atom. The highest BCUT2D eigenvalue weighted by Crippen LogP contribution is 2.18. The van der Waals surface area contributed by atoms with E-state index in [0.29, 0.717) is 17.1 Å². The topological polar surface area (TPSA) is 105 Å². The molecule has 2 aromatic carbocycles. The van der Waals surface area contributed by atoms with E-state index in [0.717, 1.165) is 11.3 Å². The average Bonchev–Trinajstić information content (AvgIpc) is 3.25. The average molecular weight is 396 g/mol. The van der Waals surface area contributed by atoms with E-state index in [2.05, 4.69) is 15.4 Å². The van der Waals surface area contributed by atoms with Gasteiger partial charge in [0.2, 0.25) is 5.82 Å². The Morgan fingerprint density at radius 3 is 2.17 bits per heavy atom. The predicted molar refractivity (Wildman–Crippen MR) is 103 cm³/mol. The molecule has 3 rings (SSSR count). The second kappa shape index (κ2) is 9.45. The fourth-order valence-electron chi connectivity index (χ4n) is 2.46. The van der Waals surface area contributed by atoms with E-state index >= 15 is 0 Å². The van der Waals surface area contributed by atoms with Crippen molar-refractivity contribution in [2.24, 2.45) is 0 Å². The first-order valence-electron chi connectivity index (χ1n) is 8.84. The van der Waals surface area contributed by atoms with E-state index < -0.39 is 5.97 Å². The van der Waals surface area contributed by atoms with Gasteiger partial charge in [-0.3, -0.25) is 9.59 Å². The predicted octanol–water partition coefficient (Wildman–Crippen LogP) is 2.17. The van der Waals surface area contributed by atoms with Crippen molar-refractivity contribution < 1.29 is 23.8 Å². The molecule has 1 heterocycles. The quantitative estimate of drug-likeness (QED) is 0.400. The molecule has 0 bridgehead atoms. The number of esters is 1. The number of nitrogens with zero attached hydrogens (tertiary/aromatic N) is 4. The third-order valence-electron chi connectivity index (χ3n) is 4.09. The van der Waals surface area contributed by atoms with E-state index in [-0.39, 0.29) is 25.4 Å². The molecule has 0 aliphatic heterocycles. The summed E-state index contributed by atoms with van der Waals surface area (Å²) >= 11 is 0. The van der Waals surface area contributed by atoms with E-state index in [1.807, 2.05) is 12.1 Å². The highest BCUT2D eigenvalue weighted by Gasteiger charge is 2.12. The van der Waals surface area contributed by atoms with Gasteiger partial charge >= 0.3 is 5.97 Å². The smallest absolute Gasteiger partial charge is 0.308 e. The number of hydrogen-bond donors (Lipinski definition) is 0. The minimum Gasteiger partial charge on any atom is -0.497 e. The van der Waals surface area contributed by atoms with Gasteiger partial charge in [-0.15, -0.1) is 10.2 Å². The van der Waals surface area contributed by atoms with Gasteiger partial charge in [-0.25, -0.2) is 0 Å². The lowest BCUT2D eigenvalue weighted by Gasteiger charge is -2.05. The number of aryl methyl sites for hydroxylation is 1. The molecule has 0 fully saturated rings. The standard InChI is InChI=1S/C20H20N4O5/c1-27-16-7-3-14(4-8-16)18(25)13-29-19(26)11-12-24-22-20(21-23-24)15-5-9-17(28-2)10-6-15/h3-10H,11-13H2,1-2H3. The number of benzene rings is 2. The molecule has 150 valence electrons. The molecule has 29 heavy (non-hydrogen) atoms. The lowest BCUT2D eigenvalue weighted by atomic mass is 10.1. The Hall–Kier alpha value is -3.75. The molecule has 0 spiro atoms. The number of ketones is 1. The van der Waals surface area contributed by atoms with Gasteiger partial charge in [0.1, 0.15) is 11.5 Å². The summed E-state index contributed by atoms with van der Waals surface area (Å²) in [4.78, 5) is 25.3. The minimum absolute atomic E-state index is 0.0221. The first-order chi connectivity index (χ1) is 14.1. The van der Waals surface area contributed by atoms with Crippen LogP contribution in [-0.2, 0) is 16.1 Å². The highest BCUT2D eigenvalue weighted by molar-refractivity contribution is 5.98. The van der Waals surface area contributed by atoms with Crippen LogP contribution in [0.15, 0.2) is 48.5 Å². The van der Waals surface area contributed by atoms with Crippen molar-refractivity contribution in [2.45, 2.75) is 13.0 Å². The molecular weight excluding hydrogens is 376 g/mol. The first kappa shape index (κ1) is 20.0. The van der Waals surface area contributed by atoms with Crippen molar-refractivity contribution in [3.8, 4) is 22.9 Å². The van der Waals surface area contributed by atoms with Crippen molar-refractivity contribution in [3.63, 3.8) is 0 Å². The van der Waals surface area contributed by atoms with Crippen LogP contribution in [0.3, 0.4) is 0 Å². The van der Waals surface area contributed by atoms with Crippen LogP contribution in [0.25, 0.3) is 11.4 Å². The van der Waals surface area contributed by atoms with Gasteiger partial charge in [0.15, 0.2) is 12.4 Å². The molecule has 9 nitrogen and oxygen atoms in total. The zero-order valence-corrected chi connectivity index (χ0v) is 16.1. The Labute approximate surface area is 167 Å². The van der Waals surface area contributed by atoms with Crippen molar-refractivity contribution in [1.82, 2.24) is 20.2 Å². The van der Waals surface area contributed by atoms with E-state index in [9.17, 15) is 9.59 Å². The van der Waals surface area contributed by atoms with E-state index in [1.54, 1.807) is 50.6 Å². The highest BCUT2D eigenvalue weighted by atomic mass is 16.5. The summed E-state index contributed by atoms with van der Waals surface area (Å²) in [5.74, 6) is 1.01. The van der Waals surface area contributed by atoms with Crippen LogP contribution >= 0.6 is 0 Å². The molecule has 9 heteroatoms. The summed E-state index contributed by atoms with van der Waals surface area (Å²) < 4.78 is 15.2. The third-order valence-corrected chi connectivity index (χ3v) is 4.09. The van der Waals surface area contributed by atoms with Gasteiger partial charge in [-0.2, -0.15) is 4.80 Å². The zero-order chi connectivity index (χ0) is 20.6. The van der Waals surface area contributed by atoms with E-state index in [1.165, 1.54) is 4.80 Å². The Kier molecular flexibility index (Phi) is 6.51. The molecule has 3 aromatic rings. The summed E-state index contributed by atoms with van der Waals surface area (Å²) in [6.45, 7) is -0.133. The van der Waals surface area contributed by atoms with Crippen LogP contribution in [0.5, 0.6) is 11.5 Å². The van der Waals surface area contributed by atoms with Crippen LogP contribution in [0.1, 0.15) is 16.8 Å². The molecule has 1 aromatic heterocycles. The van der Waals surface area contributed by atoms with Crippen LogP contribution in [0.2, 0.25) is 0 Å². The van der Waals surface area contributed by atoms with Gasteiger partial charge in [-0.1, -0.05) is 0 Å². The molecule has 0 saturated carbocycles. The van der Waals surface area contributed by atoms with Crippen LogP contribution in [0, 0.1) is 0 Å².